The number of nitriles is 2. The van der Waals surface area contributed by atoms with Crippen molar-refractivity contribution in [2.75, 3.05) is 0 Å². The molecule has 0 atom stereocenters. The standard InChI is InChI=1S/C21H11N3O/c1-13-16(11-22)20(19(12-23)24-2)25-21(13)17-9-5-3-7-14(17)15-8-4-6-10-18(15)21/h3-10H,1H3/b20-19-. The van der Waals surface area contributed by atoms with Crippen LogP contribution >= 0.6 is 0 Å². The molecule has 4 heteroatoms. The van der Waals surface area contributed by atoms with Gasteiger partial charge < -0.3 is 4.74 Å². The van der Waals surface area contributed by atoms with E-state index < -0.39 is 5.60 Å². The molecule has 2 aliphatic rings. The van der Waals surface area contributed by atoms with Crippen LogP contribution in [-0.4, -0.2) is 0 Å². The van der Waals surface area contributed by atoms with E-state index >= 15 is 0 Å². The molecule has 1 aliphatic carbocycles. The van der Waals surface area contributed by atoms with E-state index in [9.17, 15) is 10.5 Å². The zero-order chi connectivity index (χ0) is 17.6. The van der Waals surface area contributed by atoms with Crippen molar-refractivity contribution in [1.29, 1.82) is 10.5 Å². The molecule has 0 fully saturated rings. The third kappa shape index (κ3) is 1.67. The van der Waals surface area contributed by atoms with E-state index in [0.717, 1.165) is 22.3 Å². The van der Waals surface area contributed by atoms with Gasteiger partial charge in [0.1, 0.15) is 6.07 Å². The summed E-state index contributed by atoms with van der Waals surface area (Å²) >= 11 is 0. The van der Waals surface area contributed by atoms with Crippen molar-refractivity contribution in [2.24, 2.45) is 0 Å². The Hall–Kier alpha value is -3.81. The first kappa shape index (κ1) is 14.8. The van der Waals surface area contributed by atoms with Crippen LogP contribution in [0.1, 0.15) is 18.1 Å². The lowest BCUT2D eigenvalue weighted by Crippen LogP contribution is -2.26. The molecule has 0 radical (unpaired) electrons. The number of benzene rings is 2. The SMILES string of the molecule is [C-]#[N+]/C(C#N)=C1\OC2(C(C)=C1C#N)c1ccccc1-c1ccccc12. The largest absolute Gasteiger partial charge is 0.482 e. The van der Waals surface area contributed by atoms with Crippen LogP contribution in [0.2, 0.25) is 0 Å². The van der Waals surface area contributed by atoms with Crippen molar-refractivity contribution in [3.05, 3.63) is 93.7 Å². The van der Waals surface area contributed by atoms with Crippen LogP contribution in [0.5, 0.6) is 0 Å². The summed E-state index contributed by atoms with van der Waals surface area (Å²) in [4.78, 5) is 3.25. The van der Waals surface area contributed by atoms with Crippen molar-refractivity contribution >= 4 is 0 Å². The van der Waals surface area contributed by atoms with Crippen LogP contribution in [-0.2, 0) is 10.3 Å². The Morgan fingerprint density at radius 1 is 1.04 bits per heavy atom. The Morgan fingerprint density at radius 3 is 2.08 bits per heavy atom. The lowest BCUT2D eigenvalue weighted by Gasteiger charge is -2.29. The second-order valence-electron chi connectivity index (χ2n) is 5.89. The van der Waals surface area contributed by atoms with Crippen molar-refractivity contribution in [3.63, 3.8) is 0 Å². The molecule has 0 bridgehead atoms. The van der Waals surface area contributed by atoms with E-state index in [1.54, 1.807) is 0 Å². The number of nitrogens with zero attached hydrogens (tertiary/aromatic N) is 3. The highest BCUT2D eigenvalue weighted by molar-refractivity contribution is 5.83. The average molecular weight is 321 g/mol. The van der Waals surface area contributed by atoms with E-state index in [1.807, 2.05) is 61.5 Å². The lowest BCUT2D eigenvalue weighted by atomic mass is 9.84. The lowest BCUT2D eigenvalue weighted by molar-refractivity contribution is 0.0973. The molecule has 0 aromatic heterocycles. The summed E-state index contributed by atoms with van der Waals surface area (Å²) in [6.07, 6.45) is 0. The van der Waals surface area contributed by atoms with Crippen LogP contribution in [0.25, 0.3) is 16.0 Å². The molecule has 25 heavy (non-hydrogen) atoms. The molecule has 4 nitrogen and oxygen atoms in total. The molecule has 4 rings (SSSR count). The minimum atomic E-state index is -0.958. The summed E-state index contributed by atoms with van der Waals surface area (Å²) in [6.45, 7) is 9.07. The van der Waals surface area contributed by atoms with E-state index in [0.29, 0.717) is 5.57 Å². The number of rotatable bonds is 0. The third-order valence-corrected chi connectivity index (χ3v) is 4.83. The first-order valence-corrected chi connectivity index (χ1v) is 7.71. The zero-order valence-electron chi connectivity index (χ0n) is 13.4. The van der Waals surface area contributed by atoms with Crippen LogP contribution in [0.4, 0.5) is 0 Å². The van der Waals surface area contributed by atoms with Gasteiger partial charge in [0.05, 0.1) is 18.2 Å². The maximum atomic E-state index is 9.65. The van der Waals surface area contributed by atoms with Gasteiger partial charge in [0.2, 0.25) is 0 Å². The molecule has 0 saturated heterocycles. The third-order valence-electron chi connectivity index (χ3n) is 4.83. The number of fused-ring (bicyclic) bond motifs is 5. The molecule has 0 N–H and O–H groups in total. The summed E-state index contributed by atoms with van der Waals surface area (Å²) < 4.78 is 6.27. The molecular weight excluding hydrogens is 310 g/mol. The summed E-state index contributed by atoms with van der Waals surface area (Å²) in [5.41, 5.74) is 3.75. The first-order chi connectivity index (χ1) is 12.2. The summed E-state index contributed by atoms with van der Waals surface area (Å²) in [5.74, 6) is 0.0732. The minimum absolute atomic E-state index is 0.0732. The van der Waals surface area contributed by atoms with Gasteiger partial charge in [-0.25, -0.2) is 10.1 Å². The highest BCUT2D eigenvalue weighted by Crippen LogP contribution is 2.58. The quantitative estimate of drug-likeness (QED) is 0.532. The molecular formula is C21H11N3O. The molecule has 1 spiro atoms. The summed E-state index contributed by atoms with van der Waals surface area (Å²) in [6, 6.07) is 19.7. The molecule has 0 saturated carbocycles. The van der Waals surface area contributed by atoms with Gasteiger partial charge in [-0.1, -0.05) is 48.5 Å². The van der Waals surface area contributed by atoms with Crippen LogP contribution in [0.15, 0.2) is 71.1 Å². The number of hydrogen-bond acceptors (Lipinski definition) is 3. The topological polar surface area (TPSA) is 61.2 Å². The minimum Gasteiger partial charge on any atom is -0.482 e. The van der Waals surface area contributed by atoms with E-state index in [4.69, 9.17) is 11.3 Å². The number of ether oxygens (including phenoxy) is 1. The number of allylic oxidation sites excluding steroid dienone is 2. The first-order valence-electron chi connectivity index (χ1n) is 7.71. The fourth-order valence-corrected chi connectivity index (χ4v) is 3.76. The van der Waals surface area contributed by atoms with Gasteiger partial charge in [-0.15, -0.1) is 0 Å². The van der Waals surface area contributed by atoms with Crippen molar-refractivity contribution in [3.8, 4) is 23.3 Å². The van der Waals surface area contributed by atoms with Crippen LogP contribution in [0, 0.1) is 29.2 Å². The Labute approximate surface area is 145 Å². The molecule has 2 aromatic carbocycles. The predicted molar refractivity (Wildman–Crippen MR) is 91.3 cm³/mol. The van der Waals surface area contributed by atoms with Crippen molar-refractivity contribution < 1.29 is 4.74 Å². The van der Waals surface area contributed by atoms with Gasteiger partial charge >= 0.3 is 5.70 Å². The summed E-state index contributed by atoms with van der Waals surface area (Å²) in [5, 5.41) is 18.9. The Balaban J connectivity index is 2.13. The second-order valence-corrected chi connectivity index (χ2v) is 5.89. The fourth-order valence-electron chi connectivity index (χ4n) is 3.76. The molecule has 0 amide bonds. The van der Waals surface area contributed by atoms with E-state index in [-0.39, 0.29) is 17.0 Å². The Bertz CT molecular complexity index is 1060. The van der Waals surface area contributed by atoms with Gasteiger partial charge in [-0.05, 0) is 23.6 Å². The van der Waals surface area contributed by atoms with E-state index in [2.05, 4.69) is 10.9 Å². The molecule has 2 aromatic rings. The normalized spacial score (nSPS) is 17.8. The van der Waals surface area contributed by atoms with Crippen molar-refractivity contribution in [2.45, 2.75) is 12.5 Å². The van der Waals surface area contributed by atoms with Gasteiger partial charge in [0.15, 0.2) is 11.4 Å². The molecule has 1 aliphatic heterocycles. The Kier molecular flexibility index (Phi) is 3.01. The zero-order valence-corrected chi connectivity index (χ0v) is 13.4. The maximum absolute atomic E-state index is 9.65. The molecule has 0 unspecified atom stereocenters. The molecule has 1 heterocycles. The second kappa shape index (κ2) is 5.10. The maximum Gasteiger partial charge on any atom is 0.304 e. The van der Waals surface area contributed by atoms with Crippen LogP contribution in [0.3, 0.4) is 0 Å². The van der Waals surface area contributed by atoms with Gasteiger partial charge in [-0.3, -0.25) is 0 Å². The van der Waals surface area contributed by atoms with Gasteiger partial charge in [0, 0.05) is 11.1 Å². The van der Waals surface area contributed by atoms with Gasteiger partial charge in [-0.2, -0.15) is 5.26 Å². The Morgan fingerprint density at radius 2 is 1.60 bits per heavy atom. The van der Waals surface area contributed by atoms with Gasteiger partial charge in [0.25, 0.3) is 0 Å². The number of hydrogen-bond donors (Lipinski definition) is 0. The average Bonchev–Trinajstić information content (AvgIpc) is 3.11. The predicted octanol–water partition coefficient (Wildman–Crippen LogP) is 4.44. The van der Waals surface area contributed by atoms with Crippen molar-refractivity contribution in [1.82, 2.24) is 0 Å². The summed E-state index contributed by atoms with van der Waals surface area (Å²) in [7, 11) is 0. The smallest absolute Gasteiger partial charge is 0.304 e. The van der Waals surface area contributed by atoms with Crippen LogP contribution < -0.4 is 0 Å². The molecule has 116 valence electrons. The van der Waals surface area contributed by atoms with E-state index in [1.165, 1.54) is 0 Å². The monoisotopic (exact) mass is 321 g/mol. The highest BCUT2D eigenvalue weighted by Gasteiger charge is 2.52. The fraction of sp³-hybridized carbons (Fsp3) is 0.0952. The highest BCUT2D eigenvalue weighted by atomic mass is 16.5.